The lowest BCUT2D eigenvalue weighted by atomic mass is 10.2. The summed E-state index contributed by atoms with van der Waals surface area (Å²) in [4.78, 5) is 17.2. The van der Waals surface area contributed by atoms with Gasteiger partial charge in [-0.2, -0.15) is 0 Å². The van der Waals surface area contributed by atoms with Crippen molar-refractivity contribution in [2.24, 2.45) is 0 Å². The van der Waals surface area contributed by atoms with Crippen molar-refractivity contribution >= 4 is 16.9 Å². The van der Waals surface area contributed by atoms with Crippen molar-refractivity contribution in [2.75, 3.05) is 0 Å². The van der Waals surface area contributed by atoms with Crippen LogP contribution in [0.25, 0.3) is 22.4 Å². The van der Waals surface area contributed by atoms with Crippen LogP contribution in [-0.2, 0) is 0 Å². The molecule has 130 valence electrons. The number of para-hydroxylation sites is 2. The molecule has 0 spiro atoms. The molecule has 5 nitrogen and oxygen atoms in total. The summed E-state index contributed by atoms with van der Waals surface area (Å²) in [5.74, 6) is -0.0598. The number of aromatic nitrogens is 4. The highest BCUT2D eigenvalue weighted by Crippen LogP contribution is 2.19. The zero-order valence-electron chi connectivity index (χ0n) is 14.4. The maximum absolute atomic E-state index is 12.8. The normalized spacial score (nSPS) is 11.1. The Morgan fingerprint density at radius 1 is 0.778 bits per heavy atom. The second-order valence-corrected chi connectivity index (χ2v) is 6.32. The van der Waals surface area contributed by atoms with Gasteiger partial charge in [0.2, 0.25) is 0 Å². The van der Waals surface area contributed by atoms with E-state index in [2.05, 4.69) is 4.98 Å². The standard InChI is InChI=1S/C22H16N4O/c27-22(25-14-11-19(15-25)24-12-3-4-13-24)17-7-9-18(10-8-17)26-16-23-20-5-1-2-6-21(20)26/h1-16H. The number of carbonyl (C=O) groups is 1. The largest absolute Gasteiger partial charge is 0.322 e. The second kappa shape index (κ2) is 6.14. The van der Waals surface area contributed by atoms with E-state index in [1.807, 2.05) is 94.5 Å². The monoisotopic (exact) mass is 352 g/mol. The van der Waals surface area contributed by atoms with E-state index in [0.29, 0.717) is 5.56 Å². The van der Waals surface area contributed by atoms with E-state index in [4.69, 9.17) is 0 Å². The van der Waals surface area contributed by atoms with E-state index in [9.17, 15) is 4.79 Å². The molecule has 0 bridgehead atoms. The van der Waals surface area contributed by atoms with Crippen molar-refractivity contribution in [1.29, 1.82) is 0 Å². The van der Waals surface area contributed by atoms with Crippen molar-refractivity contribution in [3.63, 3.8) is 0 Å². The first-order valence-corrected chi connectivity index (χ1v) is 8.68. The molecule has 5 heteroatoms. The molecule has 27 heavy (non-hydrogen) atoms. The van der Waals surface area contributed by atoms with Gasteiger partial charge in [-0.3, -0.25) is 13.9 Å². The first-order valence-electron chi connectivity index (χ1n) is 8.68. The Morgan fingerprint density at radius 2 is 1.56 bits per heavy atom. The first kappa shape index (κ1) is 15.4. The summed E-state index contributed by atoms with van der Waals surface area (Å²) in [6.07, 6.45) is 9.33. The van der Waals surface area contributed by atoms with Crippen molar-refractivity contribution in [2.45, 2.75) is 0 Å². The minimum Gasteiger partial charge on any atom is -0.322 e. The number of nitrogens with zero attached hydrogens (tertiary/aromatic N) is 4. The molecule has 0 atom stereocenters. The number of hydrogen-bond acceptors (Lipinski definition) is 2. The number of carbonyl (C=O) groups excluding carboxylic acids is 1. The molecule has 0 saturated carbocycles. The Morgan fingerprint density at radius 3 is 2.37 bits per heavy atom. The summed E-state index contributed by atoms with van der Waals surface area (Å²) in [5.41, 5.74) is 4.55. The second-order valence-electron chi connectivity index (χ2n) is 6.32. The van der Waals surface area contributed by atoms with Gasteiger partial charge in [-0.1, -0.05) is 12.1 Å². The van der Waals surface area contributed by atoms with E-state index in [1.54, 1.807) is 17.1 Å². The number of benzene rings is 2. The fourth-order valence-electron chi connectivity index (χ4n) is 3.25. The Balaban J connectivity index is 1.44. The predicted octanol–water partition coefficient (Wildman–Crippen LogP) is 4.31. The van der Waals surface area contributed by atoms with Crippen LogP contribution in [0.1, 0.15) is 10.4 Å². The van der Waals surface area contributed by atoms with Gasteiger partial charge in [0, 0.05) is 36.0 Å². The van der Waals surface area contributed by atoms with E-state index < -0.39 is 0 Å². The van der Waals surface area contributed by atoms with Gasteiger partial charge in [-0.05, 0) is 54.6 Å². The molecule has 0 amide bonds. The molecule has 0 aliphatic heterocycles. The molecule has 0 aliphatic carbocycles. The van der Waals surface area contributed by atoms with Crippen molar-refractivity contribution in [3.05, 3.63) is 103 Å². The SMILES string of the molecule is O=C(c1ccc(-n2cnc3ccccc32)cc1)n1ccc(-n2cccc2)c1. The van der Waals surface area contributed by atoms with E-state index in [0.717, 1.165) is 22.4 Å². The van der Waals surface area contributed by atoms with Crippen LogP contribution < -0.4 is 0 Å². The van der Waals surface area contributed by atoms with Gasteiger partial charge < -0.3 is 4.57 Å². The summed E-state index contributed by atoms with van der Waals surface area (Å²) in [6, 6.07) is 21.4. The lowest BCUT2D eigenvalue weighted by Crippen LogP contribution is -2.09. The number of imidazole rings is 1. The van der Waals surface area contributed by atoms with Gasteiger partial charge in [0.1, 0.15) is 6.33 Å². The summed E-state index contributed by atoms with van der Waals surface area (Å²) < 4.78 is 5.59. The van der Waals surface area contributed by atoms with Crippen LogP contribution >= 0.6 is 0 Å². The van der Waals surface area contributed by atoms with Crippen LogP contribution in [0.5, 0.6) is 0 Å². The zero-order chi connectivity index (χ0) is 18.2. The Bertz CT molecular complexity index is 1230. The van der Waals surface area contributed by atoms with Gasteiger partial charge in [-0.15, -0.1) is 0 Å². The molecular formula is C22H16N4O. The maximum Gasteiger partial charge on any atom is 0.261 e. The zero-order valence-corrected chi connectivity index (χ0v) is 14.4. The predicted molar refractivity (Wildman–Crippen MR) is 105 cm³/mol. The van der Waals surface area contributed by atoms with Gasteiger partial charge >= 0.3 is 0 Å². The Labute approximate surface area is 155 Å². The van der Waals surface area contributed by atoms with Gasteiger partial charge in [0.25, 0.3) is 5.91 Å². The first-order chi connectivity index (χ1) is 13.3. The van der Waals surface area contributed by atoms with E-state index in [1.165, 1.54) is 0 Å². The molecule has 0 fully saturated rings. The van der Waals surface area contributed by atoms with Crippen molar-refractivity contribution < 1.29 is 4.79 Å². The number of rotatable bonds is 3. The van der Waals surface area contributed by atoms with Crippen LogP contribution in [0.2, 0.25) is 0 Å². The molecule has 0 unspecified atom stereocenters. The molecule has 3 heterocycles. The summed E-state index contributed by atoms with van der Waals surface area (Å²) in [7, 11) is 0. The highest BCUT2D eigenvalue weighted by molar-refractivity contribution is 5.96. The highest BCUT2D eigenvalue weighted by atomic mass is 16.2. The molecule has 0 radical (unpaired) electrons. The lowest BCUT2D eigenvalue weighted by Gasteiger charge is -2.06. The smallest absolute Gasteiger partial charge is 0.261 e. The molecule has 3 aromatic heterocycles. The lowest BCUT2D eigenvalue weighted by molar-refractivity contribution is 0.0960. The molecule has 2 aromatic carbocycles. The minimum atomic E-state index is -0.0598. The van der Waals surface area contributed by atoms with Crippen LogP contribution in [0.3, 0.4) is 0 Å². The minimum absolute atomic E-state index is 0.0598. The Hall–Kier alpha value is -3.86. The summed E-state index contributed by atoms with van der Waals surface area (Å²) >= 11 is 0. The molecule has 0 N–H and O–H groups in total. The van der Waals surface area contributed by atoms with Gasteiger partial charge in [-0.25, -0.2) is 4.98 Å². The molecule has 0 aliphatic rings. The van der Waals surface area contributed by atoms with Crippen molar-refractivity contribution in [1.82, 2.24) is 18.7 Å². The third-order valence-corrected chi connectivity index (χ3v) is 4.66. The van der Waals surface area contributed by atoms with Crippen molar-refractivity contribution in [3.8, 4) is 11.4 Å². The topological polar surface area (TPSA) is 44.8 Å². The van der Waals surface area contributed by atoms with Crippen LogP contribution in [0.15, 0.2) is 97.8 Å². The average molecular weight is 352 g/mol. The van der Waals surface area contributed by atoms with E-state index >= 15 is 0 Å². The van der Waals surface area contributed by atoms with E-state index in [-0.39, 0.29) is 5.91 Å². The highest BCUT2D eigenvalue weighted by Gasteiger charge is 2.10. The molecule has 0 saturated heterocycles. The van der Waals surface area contributed by atoms with Gasteiger partial charge in [0.15, 0.2) is 0 Å². The third-order valence-electron chi connectivity index (χ3n) is 4.66. The summed E-state index contributed by atoms with van der Waals surface area (Å²) in [5, 5.41) is 0. The van der Waals surface area contributed by atoms with Crippen LogP contribution in [0, 0.1) is 0 Å². The van der Waals surface area contributed by atoms with Gasteiger partial charge in [0.05, 0.1) is 16.7 Å². The fourth-order valence-corrected chi connectivity index (χ4v) is 3.25. The fraction of sp³-hybridized carbons (Fsp3) is 0. The summed E-state index contributed by atoms with van der Waals surface area (Å²) in [6.45, 7) is 0. The number of fused-ring (bicyclic) bond motifs is 1. The Kier molecular flexibility index (Phi) is 3.50. The third kappa shape index (κ3) is 2.66. The number of hydrogen-bond donors (Lipinski definition) is 0. The average Bonchev–Trinajstić information content (AvgIpc) is 3.47. The van der Waals surface area contributed by atoms with Crippen LogP contribution in [0.4, 0.5) is 0 Å². The maximum atomic E-state index is 12.8. The molecular weight excluding hydrogens is 336 g/mol. The molecule has 5 rings (SSSR count). The van der Waals surface area contributed by atoms with Crippen LogP contribution in [-0.4, -0.2) is 24.6 Å². The molecule has 5 aromatic rings. The quantitative estimate of drug-likeness (QED) is 0.486.